The lowest BCUT2D eigenvalue weighted by Gasteiger charge is -2.23. The van der Waals surface area contributed by atoms with Crippen LogP contribution in [0.1, 0.15) is 40.5 Å². The third-order valence-corrected chi connectivity index (χ3v) is 1.80. The molecule has 0 aromatic heterocycles. The molecule has 0 saturated carbocycles. The zero-order valence-corrected chi connectivity index (χ0v) is 8.28. The highest BCUT2D eigenvalue weighted by atomic mass is 14.9. The zero-order valence-electron chi connectivity index (χ0n) is 8.28. The highest BCUT2D eigenvalue weighted by molar-refractivity contribution is 4.93. The van der Waals surface area contributed by atoms with Gasteiger partial charge in [0.1, 0.15) is 0 Å². The molecule has 0 aliphatic carbocycles. The molecule has 11 heavy (non-hydrogen) atoms. The van der Waals surface area contributed by atoms with Crippen LogP contribution in [0.3, 0.4) is 0 Å². The van der Waals surface area contributed by atoms with Crippen molar-refractivity contribution in [3.05, 3.63) is 12.2 Å². The number of nitrogens with one attached hydrogen (secondary N) is 1. The smallest absolute Gasteiger partial charge is 0.0139 e. The Bertz CT molecular complexity index is 102. The minimum Gasteiger partial charge on any atom is -0.308 e. The molecule has 0 atom stereocenters. The SMILES string of the molecule is CC.CC1(C)CCC=CCN1. The van der Waals surface area contributed by atoms with E-state index in [4.69, 9.17) is 0 Å². The van der Waals surface area contributed by atoms with Crippen molar-refractivity contribution in [3.8, 4) is 0 Å². The van der Waals surface area contributed by atoms with E-state index in [2.05, 4.69) is 31.3 Å². The average molecular weight is 155 g/mol. The first-order valence-corrected chi connectivity index (χ1v) is 4.61. The quantitative estimate of drug-likeness (QED) is 0.530. The molecule has 0 radical (unpaired) electrons. The summed E-state index contributed by atoms with van der Waals surface area (Å²) in [4.78, 5) is 0. The lowest BCUT2D eigenvalue weighted by molar-refractivity contribution is 0.389. The van der Waals surface area contributed by atoms with Gasteiger partial charge in [-0.1, -0.05) is 26.0 Å². The molecular formula is C10H21N. The van der Waals surface area contributed by atoms with Gasteiger partial charge in [-0.2, -0.15) is 0 Å². The van der Waals surface area contributed by atoms with E-state index in [9.17, 15) is 0 Å². The molecule has 1 aliphatic heterocycles. The predicted molar refractivity (Wildman–Crippen MR) is 51.8 cm³/mol. The Morgan fingerprint density at radius 1 is 1.18 bits per heavy atom. The maximum absolute atomic E-state index is 3.43. The van der Waals surface area contributed by atoms with Crippen molar-refractivity contribution in [2.24, 2.45) is 0 Å². The van der Waals surface area contributed by atoms with Crippen molar-refractivity contribution in [1.82, 2.24) is 5.32 Å². The van der Waals surface area contributed by atoms with E-state index < -0.39 is 0 Å². The van der Waals surface area contributed by atoms with Gasteiger partial charge in [-0.05, 0) is 26.7 Å². The molecule has 0 aromatic rings. The lowest BCUT2D eigenvalue weighted by Crippen LogP contribution is -2.38. The molecule has 0 bridgehead atoms. The van der Waals surface area contributed by atoms with Crippen LogP contribution in [-0.2, 0) is 0 Å². The minimum absolute atomic E-state index is 0.351. The Morgan fingerprint density at radius 3 is 2.45 bits per heavy atom. The molecule has 0 spiro atoms. The third-order valence-electron chi connectivity index (χ3n) is 1.80. The van der Waals surface area contributed by atoms with Gasteiger partial charge in [-0.15, -0.1) is 0 Å². The standard InChI is InChI=1S/C8H15N.C2H6/c1-8(2)6-4-3-5-7-9-8;1-2/h3,5,9H,4,6-7H2,1-2H3;1-2H3. The van der Waals surface area contributed by atoms with Crippen LogP contribution in [0.4, 0.5) is 0 Å². The molecular weight excluding hydrogens is 134 g/mol. The molecule has 0 fully saturated rings. The fraction of sp³-hybridized carbons (Fsp3) is 0.800. The van der Waals surface area contributed by atoms with Gasteiger partial charge in [-0.25, -0.2) is 0 Å². The molecule has 0 amide bonds. The van der Waals surface area contributed by atoms with Crippen molar-refractivity contribution < 1.29 is 0 Å². The van der Waals surface area contributed by atoms with Crippen molar-refractivity contribution >= 4 is 0 Å². The van der Waals surface area contributed by atoms with Gasteiger partial charge in [0.2, 0.25) is 0 Å². The van der Waals surface area contributed by atoms with Crippen LogP contribution < -0.4 is 5.32 Å². The van der Waals surface area contributed by atoms with Crippen molar-refractivity contribution in [2.75, 3.05) is 6.54 Å². The van der Waals surface area contributed by atoms with E-state index in [1.54, 1.807) is 0 Å². The van der Waals surface area contributed by atoms with Gasteiger partial charge in [0.05, 0.1) is 0 Å². The van der Waals surface area contributed by atoms with Crippen molar-refractivity contribution in [1.29, 1.82) is 0 Å². The number of hydrogen-bond acceptors (Lipinski definition) is 1. The maximum atomic E-state index is 3.43. The van der Waals surface area contributed by atoms with Crippen molar-refractivity contribution in [2.45, 2.75) is 46.1 Å². The number of hydrogen-bond donors (Lipinski definition) is 1. The van der Waals surface area contributed by atoms with E-state index in [-0.39, 0.29) is 0 Å². The second-order valence-electron chi connectivity index (χ2n) is 3.27. The fourth-order valence-corrected chi connectivity index (χ4v) is 1.07. The molecule has 1 N–H and O–H groups in total. The Labute approximate surface area is 70.9 Å². The monoisotopic (exact) mass is 155 g/mol. The van der Waals surface area contributed by atoms with E-state index in [0.717, 1.165) is 6.54 Å². The summed E-state index contributed by atoms with van der Waals surface area (Å²) < 4.78 is 0. The molecule has 0 unspecified atom stereocenters. The Kier molecular flexibility index (Phi) is 5.22. The van der Waals surface area contributed by atoms with Crippen LogP contribution in [-0.4, -0.2) is 12.1 Å². The van der Waals surface area contributed by atoms with Gasteiger partial charge in [0.15, 0.2) is 0 Å². The van der Waals surface area contributed by atoms with Crippen molar-refractivity contribution in [3.63, 3.8) is 0 Å². The average Bonchev–Trinajstić information content (AvgIpc) is 2.17. The van der Waals surface area contributed by atoms with Crippen LogP contribution in [0.15, 0.2) is 12.2 Å². The predicted octanol–water partition coefficient (Wildman–Crippen LogP) is 2.73. The van der Waals surface area contributed by atoms with E-state index in [1.807, 2.05) is 13.8 Å². The van der Waals surface area contributed by atoms with E-state index >= 15 is 0 Å². The van der Waals surface area contributed by atoms with Crippen LogP contribution >= 0.6 is 0 Å². The summed E-state index contributed by atoms with van der Waals surface area (Å²) in [5.74, 6) is 0. The molecule has 0 aromatic carbocycles. The summed E-state index contributed by atoms with van der Waals surface area (Å²) >= 11 is 0. The second-order valence-corrected chi connectivity index (χ2v) is 3.27. The molecule has 1 rings (SSSR count). The van der Waals surface area contributed by atoms with Crippen LogP contribution in [0.2, 0.25) is 0 Å². The summed E-state index contributed by atoms with van der Waals surface area (Å²) in [6.07, 6.45) is 6.93. The summed E-state index contributed by atoms with van der Waals surface area (Å²) in [5.41, 5.74) is 0.351. The van der Waals surface area contributed by atoms with Gasteiger partial charge in [0.25, 0.3) is 0 Å². The number of allylic oxidation sites excluding steroid dienone is 1. The minimum atomic E-state index is 0.351. The summed E-state index contributed by atoms with van der Waals surface area (Å²) in [6, 6.07) is 0. The fourth-order valence-electron chi connectivity index (χ4n) is 1.07. The topological polar surface area (TPSA) is 12.0 Å². The van der Waals surface area contributed by atoms with Crippen LogP contribution in [0.25, 0.3) is 0 Å². The molecule has 1 aliphatic rings. The van der Waals surface area contributed by atoms with Gasteiger partial charge in [0, 0.05) is 12.1 Å². The Balaban J connectivity index is 0.000000461. The summed E-state index contributed by atoms with van der Waals surface area (Å²) in [7, 11) is 0. The van der Waals surface area contributed by atoms with E-state index in [0.29, 0.717) is 5.54 Å². The van der Waals surface area contributed by atoms with Gasteiger partial charge >= 0.3 is 0 Å². The van der Waals surface area contributed by atoms with Gasteiger partial charge in [-0.3, -0.25) is 0 Å². The molecule has 1 heteroatoms. The first-order chi connectivity index (χ1) is 5.21. The molecule has 66 valence electrons. The summed E-state index contributed by atoms with van der Waals surface area (Å²) in [5, 5.41) is 3.43. The van der Waals surface area contributed by atoms with E-state index in [1.165, 1.54) is 12.8 Å². The normalized spacial score (nSPS) is 21.5. The highest BCUT2D eigenvalue weighted by Gasteiger charge is 2.15. The molecule has 0 saturated heterocycles. The summed E-state index contributed by atoms with van der Waals surface area (Å²) in [6.45, 7) is 9.53. The second kappa shape index (κ2) is 5.36. The van der Waals surface area contributed by atoms with Crippen LogP contribution in [0, 0.1) is 0 Å². The highest BCUT2D eigenvalue weighted by Crippen LogP contribution is 2.13. The molecule has 1 heterocycles. The zero-order chi connectivity index (χ0) is 8.74. The first-order valence-electron chi connectivity index (χ1n) is 4.61. The third kappa shape index (κ3) is 5.02. The molecule has 1 nitrogen and oxygen atoms in total. The maximum Gasteiger partial charge on any atom is 0.0139 e. The Hall–Kier alpha value is -0.300. The number of rotatable bonds is 0. The van der Waals surface area contributed by atoms with Gasteiger partial charge < -0.3 is 5.32 Å². The Morgan fingerprint density at radius 2 is 1.82 bits per heavy atom. The largest absolute Gasteiger partial charge is 0.308 e. The van der Waals surface area contributed by atoms with Crippen LogP contribution in [0.5, 0.6) is 0 Å². The lowest BCUT2D eigenvalue weighted by atomic mass is 10.00. The first kappa shape index (κ1) is 10.7.